The number of anilines is 1. The second-order valence-electron chi connectivity index (χ2n) is 3.25. The third kappa shape index (κ3) is 3.17. The summed E-state index contributed by atoms with van der Waals surface area (Å²) in [4.78, 5) is 21.8. The average molecular weight is 241 g/mol. The van der Waals surface area contributed by atoms with E-state index in [1.807, 2.05) is 0 Å². The molecule has 0 bridgehead atoms. The highest BCUT2D eigenvalue weighted by atomic mass is 19.1. The van der Waals surface area contributed by atoms with Gasteiger partial charge in [0.05, 0.1) is 17.9 Å². The molecule has 0 unspecified atom stereocenters. The van der Waals surface area contributed by atoms with Gasteiger partial charge in [-0.2, -0.15) is 0 Å². The van der Waals surface area contributed by atoms with Crippen molar-refractivity contribution in [3.63, 3.8) is 0 Å². The molecule has 2 N–H and O–H groups in total. The number of benzene rings is 1. The second-order valence-corrected chi connectivity index (χ2v) is 3.25. The number of carboxylic acids is 1. The molecule has 0 saturated carbocycles. The summed E-state index contributed by atoms with van der Waals surface area (Å²) in [5, 5.41) is 11.2. The van der Waals surface area contributed by atoms with Crippen LogP contribution in [0.2, 0.25) is 0 Å². The minimum Gasteiger partial charge on any atom is -0.491 e. The zero-order valence-corrected chi connectivity index (χ0v) is 9.41. The topological polar surface area (TPSA) is 75.6 Å². The minimum atomic E-state index is -1.27. The van der Waals surface area contributed by atoms with Gasteiger partial charge in [0.1, 0.15) is 0 Å². The molecular formula is C11H12FNO4. The molecule has 6 heteroatoms. The zero-order chi connectivity index (χ0) is 13.0. The van der Waals surface area contributed by atoms with Crippen molar-refractivity contribution in [3.05, 3.63) is 23.5 Å². The van der Waals surface area contributed by atoms with Crippen molar-refractivity contribution in [2.75, 3.05) is 11.9 Å². The molecule has 1 amide bonds. The van der Waals surface area contributed by atoms with E-state index in [1.54, 1.807) is 6.92 Å². The van der Waals surface area contributed by atoms with E-state index in [0.717, 1.165) is 12.1 Å². The van der Waals surface area contributed by atoms with Crippen LogP contribution in [0.5, 0.6) is 5.75 Å². The van der Waals surface area contributed by atoms with Crippen molar-refractivity contribution in [3.8, 4) is 5.75 Å². The lowest BCUT2D eigenvalue weighted by Gasteiger charge is -2.10. The fourth-order valence-electron chi connectivity index (χ4n) is 1.29. The fourth-order valence-corrected chi connectivity index (χ4v) is 1.29. The van der Waals surface area contributed by atoms with Gasteiger partial charge in [-0.3, -0.25) is 4.79 Å². The highest BCUT2D eigenvalue weighted by molar-refractivity contribution is 6.00. The molecule has 0 atom stereocenters. The number of amides is 1. The van der Waals surface area contributed by atoms with Crippen LogP contribution in [-0.2, 0) is 4.79 Å². The maximum absolute atomic E-state index is 13.5. The first kappa shape index (κ1) is 13.0. The van der Waals surface area contributed by atoms with Gasteiger partial charge >= 0.3 is 5.97 Å². The summed E-state index contributed by atoms with van der Waals surface area (Å²) in [6.45, 7) is 3.08. The predicted octanol–water partition coefficient (Wildman–Crippen LogP) is 1.88. The molecular weight excluding hydrogens is 229 g/mol. The predicted molar refractivity (Wildman–Crippen MR) is 58.8 cm³/mol. The Morgan fingerprint density at radius 1 is 1.47 bits per heavy atom. The Bertz CT molecular complexity index is 459. The number of carboxylic acid groups (broad SMARTS) is 1. The molecule has 1 aromatic rings. The summed E-state index contributed by atoms with van der Waals surface area (Å²) in [5.41, 5.74) is -0.309. The lowest BCUT2D eigenvalue weighted by Crippen LogP contribution is -2.12. The van der Waals surface area contributed by atoms with Crippen molar-refractivity contribution in [2.45, 2.75) is 13.8 Å². The van der Waals surface area contributed by atoms with E-state index in [2.05, 4.69) is 5.32 Å². The average Bonchev–Trinajstić information content (AvgIpc) is 2.20. The Labute approximate surface area is 97.2 Å². The highest BCUT2D eigenvalue weighted by Crippen LogP contribution is 2.26. The number of carbonyl (C=O) groups is 2. The van der Waals surface area contributed by atoms with Crippen molar-refractivity contribution >= 4 is 17.6 Å². The highest BCUT2D eigenvalue weighted by Gasteiger charge is 2.16. The summed E-state index contributed by atoms with van der Waals surface area (Å²) in [5.74, 6) is -2.62. The molecule has 0 aliphatic heterocycles. The smallest absolute Gasteiger partial charge is 0.337 e. The monoisotopic (exact) mass is 241 g/mol. The van der Waals surface area contributed by atoms with Crippen molar-refractivity contribution in [1.82, 2.24) is 0 Å². The van der Waals surface area contributed by atoms with Crippen LogP contribution in [0.25, 0.3) is 0 Å². The number of halogens is 1. The Hall–Kier alpha value is -2.11. The number of hydrogen-bond acceptors (Lipinski definition) is 3. The molecule has 0 heterocycles. The van der Waals surface area contributed by atoms with E-state index >= 15 is 0 Å². The van der Waals surface area contributed by atoms with Crippen LogP contribution < -0.4 is 10.1 Å². The van der Waals surface area contributed by atoms with Crippen LogP contribution in [-0.4, -0.2) is 23.6 Å². The van der Waals surface area contributed by atoms with Gasteiger partial charge in [0.2, 0.25) is 5.91 Å². The Kier molecular flexibility index (Phi) is 4.03. The van der Waals surface area contributed by atoms with Gasteiger partial charge in [0.15, 0.2) is 11.6 Å². The largest absolute Gasteiger partial charge is 0.491 e. The Morgan fingerprint density at radius 3 is 2.59 bits per heavy atom. The van der Waals surface area contributed by atoms with E-state index in [-0.39, 0.29) is 23.6 Å². The van der Waals surface area contributed by atoms with Crippen LogP contribution in [0, 0.1) is 5.82 Å². The lowest BCUT2D eigenvalue weighted by molar-refractivity contribution is -0.114. The molecule has 17 heavy (non-hydrogen) atoms. The maximum Gasteiger partial charge on any atom is 0.337 e. The molecule has 1 rings (SSSR count). The molecule has 0 saturated heterocycles. The number of nitrogens with one attached hydrogen (secondary N) is 1. The molecule has 0 radical (unpaired) electrons. The van der Waals surface area contributed by atoms with Crippen LogP contribution in [0.4, 0.5) is 10.1 Å². The van der Waals surface area contributed by atoms with E-state index < -0.39 is 17.7 Å². The van der Waals surface area contributed by atoms with Gasteiger partial charge in [-0.05, 0) is 13.0 Å². The molecule has 0 aliphatic rings. The Balaban J connectivity index is 3.25. The van der Waals surface area contributed by atoms with Gasteiger partial charge < -0.3 is 15.2 Å². The number of aromatic carboxylic acids is 1. The second kappa shape index (κ2) is 5.29. The first-order valence-corrected chi connectivity index (χ1v) is 4.93. The molecule has 0 spiro atoms. The summed E-state index contributed by atoms with van der Waals surface area (Å²) < 4.78 is 18.4. The van der Waals surface area contributed by atoms with Crippen LogP contribution in [0.15, 0.2) is 12.1 Å². The number of hydrogen-bond donors (Lipinski definition) is 2. The standard InChI is InChI=1S/C11H12FNO4/c1-3-17-10-4-7(11(15)16)9(5-8(10)12)13-6(2)14/h4-5H,3H2,1-2H3,(H,13,14)(H,15,16). The van der Waals surface area contributed by atoms with Gasteiger partial charge in [-0.15, -0.1) is 0 Å². The number of carbonyl (C=O) groups excluding carboxylic acids is 1. The molecule has 5 nitrogen and oxygen atoms in total. The van der Waals surface area contributed by atoms with Gasteiger partial charge in [-0.25, -0.2) is 9.18 Å². The van der Waals surface area contributed by atoms with E-state index in [4.69, 9.17) is 9.84 Å². The van der Waals surface area contributed by atoms with Crippen LogP contribution in [0.3, 0.4) is 0 Å². The molecule has 1 aromatic carbocycles. The molecule has 92 valence electrons. The normalized spacial score (nSPS) is 9.82. The van der Waals surface area contributed by atoms with Crippen molar-refractivity contribution in [2.24, 2.45) is 0 Å². The summed E-state index contributed by atoms with van der Waals surface area (Å²) in [6, 6.07) is 1.97. The van der Waals surface area contributed by atoms with E-state index in [9.17, 15) is 14.0 Å². The minimum absolute atomic E-state index is 0.0917. The van der Waals surface area contributed by atoms with Crippen molar-refractivity contribution < 1.29 is 23.8 Å². The summed E-state index contributed by atoms with van der Waals surface area (Å²) >= 11 is 0. The van der Waals surface area contributed by atoms with E-state index in [0.29, 0.717) is 0 Å². The maximum atomic E-state index is 13.5. The molecule has 0 fully saturated rings. The first-order chi connectivity index (χ1) is 7.95. The first-order valence-electron chi connectivity index (χ1n) is 4.93. The van der Waals surface area contributed by atoms with Crippen molar-refractivity contribution in [1.29, 1.82) is 0 Å². The fraction of sp³-hybridized carbons (Fsp3) is 0.273. The van der Waals surface area contributed by atoms with Crippen LogP contribution >= 0.6 is 0 Å². The lowest BCUT2D eigenvalue weighted by atomic mass is 10.1. The van der Waals surface area contributed by atoms with Crippen LogP contribution in [0.1, 0.15) is 24.2 Å². The SMILES string of the molecule is CCOc1cc(C(=O)O)c(NC(C)=O)cc1F. The number of ether oxygens (including phenoxy) is 1. The molecule has 0 aromatic heterocycles. The molecule has 0 aliphatic carbocycles. The van der Waals surface area contributed by atoms with E-state index in [1.165, 1.54) is 6.92 Å². The van der Waals surface area contributed by atoms with Gasteiger partial charge in [0, 0.05) is 13.0 Å². The van der Waals surface area contributed by atoms with Gasteiger partial charge in [0.25, 0.3) is 0 Å². The van der Waals surface area contributed by atoms with Gasteiger partial charge in [-0.1, -0.05) is 0 Å². The third-order valence-corrected chi connectivity index (χ3v) is 1.91. The quantitative estimate of drug-likeness (QED) is 0.843. The summed E-state index contributed by atoms with van der Waals surface area (Å²) in [6.07, 6.45) is 0. The third-order valence-electron chi connectivity index (χ3n) is 1.91. The Morgan fingerprint density at radius 2 is 2.12 bits per heavy atom. The summed E-state index contributed by atoms with van der Waals surface area (Å²) in [7, 11) is 0. The zero-order valence-electron chi connectivity index (χ0n) is 9.41. The number of rotatable bonds is 4.